The predicted octanol–water partition coefficient (Wildman–Crippen LogP) is 2.89. The minimum Gasteiger partial charge on any atom is -0.508 e. The van der Waals surface area contributed by atoms with Gasteiger partial charge in [0.05, 0.1) is 5.39 Å². The Labute approximate surface area is 119 Å². The van der Waals surface area contributed by atoms with Crippen LogP contribution in [0.15, 0.2) is 51.7 Å². The van der Waals surface area contributed by atoms with Crippen molar-refractivity contribution in [2.45, 2.75) is 0 Å². The van der Waals surface area contributed by atoms with Crippen molar-refractivity contribution >= 4 is 11.0 Å². The van der Waals surface area contributed by atoms with Gasteiger partial charge >= 0.3 is 0 Å². The van der Waals surface area contributed by atoms with E-state index in [1.165, 1.54) is 18.2 Å². The van der Waals surface area contributed by atoms with Crippen molar-refractivity contribution in [3.63, 3.8) is 0 Å². The van der Waals surface area contributed by atoms with Gasteiger partial charge in [0.2, 0.25) is 6.79 Å². The second-order valence-corrected chi connectivity index (χ2v) is 4.72. The maximum atomic E-state index is 12.1. The first-order valence-corrected chi connectivity index (χ1v) is 6.37. The Morgan fingerprint density at radius 1 is 0.952 bits per heavy atom. The molecule has 0 saturated carbocycles. The van der Waals surface area contributed by atoms with Crippen LogP contribution >= 0.6 is 0 Å². The van der Waals surface area contributed by atoms with Crippen molar-refractivity contribution in [2.24, 2.45) is 0 Å². The molecule has 5 heteroatoms. The maximum absolute atomic E-state index is 12.1. The van der Waals surface area contributed by atoms with E-state index in [2.05, 4.69) is 0 Å². The minimum absolute atomic E-state index is 0.0330. The van der Waals surface area contributed by atoms with E-state index >= 15 is 0 Å². The molecule has 0 saturated heterocycles. The second-order valence-electron chi connectivity index (χ2n) is 4.72. The molecule has 0 unspecified atom stereocenters. The van der Waals surface area contributed by atoms with Gasteiger partial charge in [0.15, 0.2) is 16.9 Å². The van der Waals surface area contributed by atoms with Gasteiger partial charge in [-0.25, -0.2) is 0 Å². The average Bonchev–Trinajstić information content (AvgIpc) is 2.95. The number of phenolic OH excluding ortho intramolecular Hbond substituents is 1. The zero-order valence-electron chi connectivity index (χ0n) is 10.8. The van der Waals surface area contributed by atoms with Crippen LogP contribution in [0.4, 0.5) is 0 Å². The van der Waals surface area contributed by atoms with Gasteiger partial charge in [-0.2, -0.15) is 0 Å². The number of aromatic hydroxyl groups is 1. The fraction of sp³-hybridized carbons (Fsp3) is 0.0625. The van der Waals surface area contributed by atoms with Crippen LogP contribution in [0.1, 0.15) is 0 Å². The van der Waals surface area contributed by atoms with Crippen LogP contribution in [0, 0.1) is 0 Å². The first-order chi connectivity index (χ1) is 10.2. The average molecular weight is 282 g/mol. The van der Waals surface area contributed by atoms with E-state index in [0.29, 0.717) is 28.2 Å². The highest BCUT2D eigenvalue weighted by Crippen LogP contribution is 2.36. The lowest BCUT2D eigenvalue weighted by atomic mass is 10.1. The monoisotopic (exact) mass is 282 g/mol. The Hall–Kier alpha value is -2.95. The molecule has 1 N–H and O–H groups in total. The lowest BCUT2D eigenvalue weighted by Gasteiger charge is -2.04. The Kier molecular flexibility index (Phi) is 2.41. The molecule has 0 spiro atoms. The van der Waals surface area contributed by atoms with E-state index in [0.717, 1.165) is 5.56 Å². The third kappa shape index (κ3) is 1.90. The number of hydrogen-bond acceptors (Lipinski definition) is 5. The van der Waals surface area contributed by atoms with Crippen molar-refractivity contribution in [2.75, 3.05) is 6.79 Å². The summed E-state index contributed by atoms with van der Waals surface area (Å²) in [4.78, 5) is 12.1. The molecule has 104 valence electrons. The zero-order chi connectivity index (χ0) is 14.4. The number of fused-ring (bicyclic) bond motifs is 2. The standard InChI is InChI=1S/C16H10O5/c17-10-2-4-13-11(6-10)12(18)7-15(21-13)9-1-3-14-16(5-9)20-8-19-14/h1-7,17H,8H2. The van der Waals surface area contributed by atoms with Gasteiger partial charge in [-0.1, -0.05) is 0 Å². The molecule has 1 aliphatic rings. The maximum Gasteiger partial charge on any atom is 0.231 e. The summed E-state index contributed by atoms with van der Waals surface area (Å²) in [7, 11) is 0. The zero-order valence-corrected chi connectivity index (χ0v) is 10.8. The topological polar surface area (TPSA) is 68.9 Å². The van der Waals surface area contributed by atoms with E-state index in [1.54, 1.807) is 24.3 Å². The summed E-state index contributed by atoms with van der Waals surface area (Å²) in [6, 6.07) is 11.2. The normalized spacial score (nSPS) is 12.8. The lowest BCUT2D eigenvalue weighted by molar-refractivity contribution is 0.174. The van der Waals surface area contributed by atoms with E-state index in [4.69, 9.17) is 13.9 Å². The van der Waals surface area contributed by atoms with E-state index in [1.807, 2.05) is 0 Å². The largest absolute Gasteiger partial charge is 0.508 e. The highest BCUT2D eigenvalue weighted by atomic mass is 16.7. The fourth-order valence-electron chi connectivity index (χ4n) is 2.34. The molecule has 0 bridgehead atoms. The molecule has 0 fully saturated rings. The number of phenols is 1. The molecule has 0 amide bonds. The molecule has 2 aromatic carbocycles. The lowest BCUT2D eigenvalue weighted by Crippen LogP contribution is -2.00. The van der Waals surface area contributed by atoms with E-state index < -0.39 is 0 Å². The van der Waals surface area contributed by atoms with Crippen LogP contribution in [-0.2, 0) is 0 Å². The smallest absolute Gasteiger partial charge is 0.231 e. The molecule has 0 aliphatic carbocycles. The number of ether oxygens (including phenoxy) is 2. The molecular weight excluding hydrogens is 272 g/mol. The van der Waals surface area contributed by atoms with Gasteiger partial charge in [0.25, 0.3) is 0 Å². The molecule has 4 rings (SSSR count). The van der Waals surface area contributed by atoms with Crippen molar-refractivity contribution in [1.82, 2.24) is 0 Å². The quantitative estimate of drug-likeness (QED) is 0.743. The van der Waals surface area contributed by atoms with E-state index in [9.17, 15) is 9.90 Å². The molecule has 5 nitrogen and oxygen atoms in total. The van der Waals surface area contributed by atoms with Crippen LogP contribution in [0.2, 0.25) is 0 Å². The van der Waals surface area contributed by atoms with Crippen LogP contribution < -0.4 is 14.9 Å². The summed E-state index contributed by atoms with van der Waals surface area (Å²) in [6.07, 6.45) is 0. The predicted molar refractivity (Wildman–Crippen MR) is 75.7 cm³/mol. The summed E-state index contributed by atoms with van der Waals surface area (Å²) < 4.78 is 16.3. The third-order valence-electron chi connectivity index (χ3n) is 3.37. The number of hydrogen-bond donors (Lipinski definition) is 1. The van der Waals surface area contributed by atoms with E-state index in [-0.39, 0.29) is 18.0 Å². The summed E-state index contributed by atoms with van der Waals surface area (Å²) >= 11 is 0. The molecule has 1 aliphatic heterocycles. The summed E-state index contributed by atoms with van der Waals surface area (Å²) in [5, 5.41) is 9.78. The molecule has 21 heavy (non-hydrogen) atoms. The molecule has 3 aromatic rings. The molecule has 0 radical (unpaired) electrons. The molecular formula is C16H10O5. The van der Waals surface area contributed by atoms with Gasteiger partial charge in [-0.05, 0) is 36.4 Å². The highest BCUT2D eigenvalue weighted by Gasteiger charge is 2.15. The Balaban J connectivity index is 1.91. The Morgan fingerprint density at radius 2 is 1.81 bits per heavy atom. The van der Waals surface area contributed by atoms with Crippen molar-refractivity contribution < 1.29 is 19.0 Å². The number of benzene rings is 2. The Morgan fingerprint density at radius 3 is 2.71 bits per heavy atom. The summed E-state index contributed by atoms with van der Waals surface area (Å²) in [5.41, 5.74) is 0.944. The van der Waals surface area contributed by atoms with Gasteiger partial charge in [-0.3, -0.25) is 4.79 Å². The van der Waals surface area contributed by atoms with Gasteiger partial charge in [0.1, 0.15) is 17.1 Å². The van der Waals surface area contributed by atoms with Crippen LogP contribution in [0.25, 0.3) is 22.3 Å². The van der Waals surface area contributed by atoms with Gasteiger partial charge in [-0.15, -0.1) is 0 Å². The van der Waals surface area contributed by atoms with Crippen LogP contribution in [0.3, 0.4) is 0 Å². The molecule has 0 atom stereocenters. The summed E-state index contributed by atoms with van der Waals surface area (Å²) in [6.45, 7) is 0.194. The van der Waals surface area contributed by atoms with Gasteiger partial charge < -0.3 is 19.0 Å². The Bertz CT molecular complexity index is 910. The van der Waals surface area contributed by atoms with Crippen molar-refractivity contribution in [3.8, 4) is 28.6 Å². The third-order valence-corrected chi connectivity index (χ3v) is 3.37. The SMILES string of the molecule is O=c1cc(-c2ccc3c(c2)OCO3)oc2ccc(O)cc12. The second kappa shape index (κ2) is 4.28. The van der Waals surface area contributed by atoms with Gasteiger partial charge in [0, 0.05) is 11.6 Å². The molecule has 2 heterocycles. The fourth-order valence-corrected chi connectivity index (χ4v) is 2.34. The van der Waals surface area contributed by atoms with Crippen LogP contribution in [0.5, 0.6) is 17.2 Å². The highest BCUT2D eigenvalue weighted by molar-refractivity contribution is 5.80. The van der Waals surface area contributed by atoms with Crippen LogP contribution in [-0.4, -0.2) is 11.9 Å². The van der Waals surface area contributed by atoms with Crippen molar-refractivity contribution in [3.05, 3.63) is 52.7 Å². The number of rotatable bonds is 1. The molecule has 1 aromatic heterocycles. The van der Waals surface area contributed by atoms with Crippen molar-refractivity contribution in [1.29, 1.82) is 0 Å². The first kappa shape index (κ1) is 11.8. The first-order valence-electron chi connectivity index (χ1n) is 6.37. The summed E-state index contributed by atoms with van der Waals surface area (Å²) in [5.74, 6) is 1.77. The minimum atomic E-state index is -0.209.